The number of hydrogen-bond donors (Lipinski definition) is 2. The van der Waals surface area contributed by atoms with Crippen LogP contribution >= 0.6 is 11.8 Å². The Balaban J connectivity index is 1.50. The molecule has 0 radical (unpaired) electrons. The highest BCUT2D eigenvalue weighted by atomic mass is 32.2. The highest BCUT2D eigenvalue weighted by Crippen LogP contribution is 2.50. The van der Waals surface area contributed by atoms with Crippen molar-refractivity contribution in [2.75, 3.05) is 5.75 Å². The second-order valence-corrected chi connectivity index (χ2v) is 8.56. The molecule has 2 aliphatic rings. The van der Waals surface area contributed by atoms with E-state index in [-0.39, 0.29) is 23.6 Å². The van der Waals surface area contributed by atoms with Crippen molar-refractivity contribution >= 4 is 23.6 Å². The van der Waals surface area contributed by atoms with Crippen LogP contribution in [0.3, 0.4) is 0 Å². The topological polar surface area (TPSA) is 95.7 Å². The third kappa shape index (κ3) is 3.26. The smallest absolute Gasteiger partial charge is 0.353 e. The van der Waals surface area contributed by atoms with E-state index < -0.39 is 18.0 Å². The zero-order chi connectivity index (χ0) is 20.7. The van der Waals surface area contributed by atoms with Crippen LogP contribution in [0, 0.1) is 11.8 Å². The molecule has 1 amide bonds. The Hall–Kier alpha value is -2.58. The zero-order valence-corrected chi connectivity index (χ0v) is 17.0. The molecule has 2 N–H and O–H groups in total. The summed E-state index contributed by atoms with van der Waals surface area (Å²) in [5.41, 5.74) is 1.10. The van der Waals surface area contributed by atoms with Crippen LogP contribution in [0.15, 0.2) is 53.3 Å². The molecule has 4 atom stereocenters. The van der Waals surface area contributed by atoms with E-state index in [2.05, 4.69) is 4.98 Å². The number of hydrogen-bond acceptors (Lipinski definition) is 5. The minimum Gasteiger partial charge on any atom is -0.477 e. The second kappa shape index (κ2) is 7.68. The predicted molar refractivity (Wildman–Crippen MR) is 109 cm³/mol. The number of aliphatic carboxylic acids is 1. The van der Waals surface area contributed by atoms with Crippen molar-refractivity contribution in [1.29, 1.82) is 0 Å². The molecule has 1 aromatic carbocycles. The standard InChI is InChI=1S/C21H23N3O4S/c1-12-17-16(13(2)25)20(26)24(17)18(21(27)28)19(12)29-11-8-15-22-9-10-23(15)14-6-4-3-5-7-14/h3-7,9-10,12-13,16-17,25H,8,11H2,1-2H3,(H,27,28)/t12-,13-,16-,17-/m1/s1. The number of imidazole rings is 1. The summed E-state index contributed by atoms with van der Waals surface area (Å²) in [7, 11) is 0. The Morgan fingerprint density at radius 3 is 2.69 bits per heavy atom. The fourth-order valence-electron chi connectivity index (χ4n) is 4.31. The highest BCUT2D eigenvalue weighted by Gasteiger charge is 2.59. The number of para-hydroxylation sites is 1. The van der Waals surface area contributed by atoms with Gasteiger partial charge in [-0.3, -0.25) is 4.79 Å². The molecule has 7 nitrogen and oxygen atoms in total. The molecule has 1 aromatic heterocycles. The fourth-order valence-corrected chi connectivity index (χ4v) is 5.54. The maximum atomic E-state index is 12.4. The minimum atomic E-state index is -1.09. The number of thioether (sulfide) groups is 1. The maximum absolute atomic E-state index is 12.4. The van der Waals surface area contributed by atoms with E-state index in [4.69, 9.17) is 0 Å². The van der Waals surface area contributed by atoms with Gasteiger partial charge in [-0.25, -0.2) is 9.78 Å². The van der Waals surface area contributed by atoms with Crippen molar-refractivity contribution in [2.24, 2.45) is 11.8 Å². The summed E-state index contributed by atoms with van der Waals surface area (Å²) in [4.78, 5) is 30.8. The van der Waals surface area contributed by atoms with Gasteiger partial charge < -0.3 is 19.7 Å². The van der Waals surface area contributed by atoms with Crippen LogP contribution in [0.25, 0.3) is 5.69 Å². The molecule has 8 heteroatoms. The Morgan fingerprint density at radius 1 is 1.31 bits per heavy atom. The number of carbonyl (C=O) groups is 2. The van der Waals surface area contributed by atoms with Gasteiger partial charge in [0, 0.05) is 41.1 Å². The molecule has 0 saturated carbocycles. The van der Waals surface area contributed by atoms with Gasteiger partial charge in [-0.15, -0.1) is 11.8 Å². The molecule has 0 bridgehead atoms. The summed E-state index contributed by atoms with van der Waals surface area (Å²) in [6, 6.07) is 9.64. The number of fused-ring (bicyclic) bond motifs is 1. The number of carbonyl (C=O) groups excluding carboxylic acids is 1. The van der Waals surface area contributed by atoms with Gasteiger partial charge in [0.15, 0.2) is 0 Å². The van der Waals surface area contributed by atoms with Crippen molar-refractivity contribution in [3.63, 3.8) is 0 Å². The highest BCUT2D eigenvalue weighted by molar-refractivity contribution is 8.03. The monoisotopic (exact) mass is 413 g/mol. The van der Waals surface area contributed by atoms with Crippen LogP contribution in [0.4, 0.5) is 0 Å². The van der Waals surface area contributed by atoms with E-state index in [1.165, 1.54) is 16.7 Å². The average Bonchev–Trinajstić information content (AvgIpc) is 3.24. The van der Waals surface area contributed by atoms with Crippen LogP contribution in [0.5, 0.6) is 0 Å². The van der Waals surface area contributed by atoms with E-state index in [1.807, 2.05) is 48.0 Å². The van der Waals surface area contributed by atoms with Crippen molar-refractivity contribution in [3.8, 4) is 5.69 Å². The quantitative estimate of drug-likeness (QED) is 0.677. The molecule has 2 aromatic rings. The van der Waals surface area contributed by atoms with Crippen LogP contribution in [-0.2, 0) is 16.0 Å². The summed E-state index contributed by atoms with van der Waals surface area (Å²) < 4.78 is 2.02. The molecule has 0 spiro atoms. The van der Waals surface area contributed by atoms with E-state index >= 15 is 0 Å². The number of aliphatic hydroxyl groups is 1. The number of benzene rings is 1. The molecule has 3 heterocycles. The molecule has 152 valence electrons. The molecule has 1 saturated heterocycles. The van der Waals surface area contributed by atoms with Gasteiger partial charge >= 0.3 is 5.97 Å². The Labute approximate surface area is 173 Å². The molecule has 4 rings (SSSR count). The third-order valence-electron chi connectivity index (χ3n) is 5.65. The number of amides is 1. The summed E-state index contributed by atoms with van der Waals surface area (Å²) in [6.45, 7) is 3.52. The van der Waals surface area contributed by atoms with Gasteiger partial charge in [-0.05, 0) is 19.1 Å². The molecule has 29 heavy (non-hydrogen) atoms. The second-order valence-electron chi connectivity index (χ2n) is 7.42. The Morgan fingerprint density at radius 2 is 2.03 bits per heavy atom. The van der Waals surface area contributed by atoms with Gasteiger partial charge in [-0.2, -0.15) is 0 Å². The SMILES string of the molecule is C[C@@H](O)[C@H]1C(=O)N2C(C(=O)O)=C(SCCc3nccn3-c3ccccc3)[C@H](C)[C@H]12. The van der Waals surface area contributed by atoms with Crippen molar-refractivity contribution < 1.29 is 19.8 Å². The van der Waals surface area contributed by atoms with E-state index in [0.29, 0.717) is 17.1 Å². The number of β-lactam (4-membered cyclic amide) rings is 1. The summed E-state index contributed by atoms with van der Waals surface area (Å²) >= 11 is 1.46. The van der Waals surface area contributed by atoms with Crippen LogP contribution in [-0.4, -0.2) is 54.4 Å². The first-order chi connectivity index (χ1) is 13.9. The van der Waals surface area contributed by atoms with Gasteiger partial charge in [0.1, 0.15) is 11.5 Å². The summed E-state index contributed by atoms with van der Waals surface area (Å²) in [5, 5.41) is 19.6. The summed E-state index contributed by atoms with van der Waals surface area (Å²) in [5.74, 6) is -0.497. The molecular formula is C21H23N3O4S. The van der Waals surface area contributed by atoms with Crippen LogP contribution < -0.4 is 0 Å². The van der Waals surface area contributed by atoms with E-state index in [0.717, 1.165) is 11.5 Å². The van der Waals surface area contributed by atoms with Gasteiger partial charge in [0.25, 0.3) is 0 Å². The minimum absolute atomic E-state index is 0.0702. The first kappa shape index (κ1) is 19.7. The van der Waals surface area contributed by atoms with Crippen molar-refractivity contribution in [3.05, 3.63) is 59.2 Å². The lowest BCUT2D eigenvalue weighted by molar-refractivity contribution is -0.163. The van der Waals surface area contributed by atoms with Gasteiger partial charge in [0.2, 0.25) is 5.91 Å². The lowest BCUT2D eigenvalue weighted by atomic mass is 9.79. The Kier molecular flexibility index (Phi) is 5.23. The largest absolute Gasteiger partial charge is 0.477 e. The molecule has 2 aliphatic heterocycles. The van der Waals surface area contributed by atoms with Crippen molar-refractivity contribution in [1.82, 2.24) is 14.5 Å². The van der Waals surface area contributed by atoms with Crippen molar-refractivity contribution in [2.45, 2.75) is 32.4 Å². The summed E-state index contributed by atoms with van der Waals surface area (Å²) in [6.07, 6.45) is 3.54. The van der Waals surface area contributed by atoms with Gasteiger partial charge in [-0.1, -0.05) is 25.1 Å². The first-order valence-electron chi connectivity index (χ1n) is 9.61. The Bertz CT molecular complexity index is 969. The van der Waals surface area contributed by atoms with Crippen LogP contribution in [0.2, 0.25) is 0 Å². The van der Waals surface area contributed by atoms with Crippen LogP contribution in [0.1, 0.15) is 19.7 Å². The fraction of sp³-hybridized carbons (Fsp3) is 0.381. The lowest BCUT2D eigenvalue weighted by Crippen LogP contribution is -2.63. The number of rotatable bonds is 7. The number of aryl methyl sites for hydroxylation is 1. The number of aromatic nitrogens is 2. The van der Waals surface area contributed by atoms with E-state index in [1.54, 1.807) is 13.1 Å². The maximum Gasteiger partial charge on any atom is 0.353 e. The molecule has 0 unspecified atom stereocenters. The molecular weight excluding hydrogens is 390 g/mol. The molecule has 1 fully saturated rings. The average molecular weight is 413 g/mol. The number of carboxylic acids is 1. The lowest BCUT2D eigenvalue weighted by Gasteiger charge is -2.46. The van der Waals surface area contributed by atoms with Gasteiger partial charge in [0.05, 0.1) is 18.1 Å². The number of carboxylic acid groups (broad SMARTS) is 1. The van der Waals surface area contributed by atoms with E-state index in [9.17, 15) is 19.8 Å². The molecule has 0 aliphatic carbocycles. The third-order valence-corrected chi connectivity index (χ3v) is 6.93. The normalized spacial score (nSPS) is 24.4. The first-order valence-corrected chi connectivity index (χ1v) is 10.6. The zero-order valence-electron chi connectivity index (χ0n) is 16.2. The number of nitrogens with zero attached hydrogens (tertiary/aromatic N) is 3. The predicted octanol–water partition coefficient (Wildman–Crippen LogP) is 2.30. The number of aliphatic hydroxyl groups excluding tert-OH is 1.